The maximum absolute atomic E-state index is 11.6. The quantitative estimate of drug-likeness (QED) is 0.870. The van der Waals surface area contributed by atoms with Crippen LogP contribution >= 0.6 is 15.9 Å². The number of methoxy groups -OCH3 is 1. The van der Waals surface area contributed by atoms with Gasteiger partial charge in [0.05, 0.1) is 13.7 Å². The van der Waals surface area contributed by atoms with Crippen LogP contribution in [-0.2, 0) is 6.54 Å². The summed E-state index contributed by atoms with van der Waals surface area (Å²) in [6.45, 7) is 0.414. The van der Waals surface area contributed by atoms with Gasteiger partial charge in [-0.05, 0) is 11.6 Å². The lowest BCUT2D eigenvalue weighted by Gasteiger charge is -2.07. The van der Waals surface area contributed by atoms with Gasteiger partial charge in [-0.3, -0.25) is 4.79 Å². The lowest BCUT2D eigenvalue weighted by atomic mass is 10.2. The maximum atomic E-state index is 11.6. The Morgan fingerprint density at radius 3 is 2.76 bits per heavy atom. The van der Waals surface area contributed by atoms with Gasteiger partial charge in [0, 0.05) is 16.6 Å². The van der Waals surface area contributed by atoms with Gasteiger partial charge < -0.3 is 4.74 Å². The zero-order valence-corrected chi connectivity index (χ0v) is 10.8. The predicted octanol–water partition coefficient (Wildman–Crippen LogP) is 2.06. The first kappa shape index (κ1) is 11.9. The molecular weight excluding hydrogens is 284 g/mol. The van der Waals surface area contributed by atoms with Crippen molar-refractivity contribution >= 4 is 15.9 Å². The van der Waals surface area contributed by atoms with E-state index in [9.17, 15) is 4.79 Å². The monoisotopic (exact) mass is 294 g/mol. The fourth-order valence-corrected chi connectivity index (χ4v) is 1.85. The molecule has 2 rings (SSSR count). The smallest absolute Gasteiger partial charge is 0.267 e. The zero-order valence-electron chi connectivity index (χ0n) is 9.26. The highest BCUT2D eigenvalue weighted by Crippen LogP contribution is 2.16. The summed E-state index contributed by atoms with van der Waals surface area (Å²) in [4.78, 5) is 11.6. The van der Waals surface area contributed by atoms with Gasteiger partial charge in [-0.15, -0.1) is 5.10 Å². The van der Waals surface area contributed by atoms with Gasteiger partial charge in [-0.25, -0.2) is 4.68 Å². The molecule has 2 aromatic rings. The van der Waals surface area contributed by atoms with Crippen molar-refractivity contribution in [1.29, 1.82) is 0 Å². The molecule has 0 aliphatic rings. The van der Waals surface area contributed by atoms with Gasteiger partial charge in [0.1, 0.15) is 0 Å². The minimum Gasteiger partial charge on any atom is -0.480 e. The van der Waals surface area contributed by atoms with Crippen LogP contribution < -0.4 is 10.3 Å². The minimum absolute atomic E-state index is 0.151. The third kappa shape index (κ3) is 2.74. The summed E-state index contributed by atoms with van der Waals surface area (Å²) in [6, 6.07) is 10.7. The summed E-state index contributed by atoms with van der Waals surface area (Å²) >= 11 is 3.44. The van der Waals surface area contributed by atoms with Crippen LogP contribution in [0.1, 0.15) is 5.56 Å². The normalized spacial score (nSPS) is 10.2. The van der Waals surface area contributed by atoms with Crippen molar-refractivity contribution in [3.05, 3.63) is 56.8 Å². The average Bonchev–Trinajstić information content (AvgIpc) is 2.35. The van der Waals surface area contributed by atoms with Gasteiger partial charge in [0.15, 0.2) is 0 Å². The standard InChI is InChI=1S/C12H11BrN2O2/c1-17-11-6-7-12(16)15(14-11)8-9-4-2-3-5-10(9)13/h2-7H,8H2,1H3. The molecular formula is C12H11BrN2O2. The topological polar surface area (TPSA) is 44.1 Å². The van der Waals surface area contributed by atoms with Gasteiger partial charge in [-0.1, -0.05) is 34.1 Å². The number of aromatic nitrogens is 2. The molecule has 1 aromatic heterocycles. The Bertz CT molecular complexity index is 581. The number of benzene rings is 1. The number of rotatable bonds is 3. The molecule has 0 N–H and O–H groups in total. The molecule has 0 unspecified atom stereocenters. The molecule has 1 heterocycles. The summed E-state index contributed by atoms with van der Waals surface area (Å²) in [7, 11) is 1.52. The molecule has 0 saturated carbocycles. The number of hydrogen-bond donors (Lipinski definition) is 0. The van der Waals surface area contributed by atoms with Crippen LogP contribution in [0, 0.1) is 0 Å². The molecule has 0 amide bonds. The van der Waals surface area contributed by atoms with Gasteiger partial charge in [0.2, 0.25) is 5.88 Å². The van der Waals surface area contributed by atoms with Crippen molar-refractivity contribution in [1.82, 2.24) is 9.78 Å². The molecule has 0 aliphatic heterocycles. The third-order valence-corrected chi connectivity index (χ3v) is 3.10. The van der Waals surface area contributed by atoms with E-state index < -0.39 is 0 Å². The number of ether oxygens (including phenoxy) is 1. The Morgan fingerprint density at radius 2 is 2.06 bits per heavy atom. The fraction of sp³-hybridized carbons (Fsp3) is 0.167. The maximum Gasteiger partial charge on any atom is 0.267 e. The van der Waals surface area contributed by atoms with E-state index in [0.717, 1.165) is 10.0 Å². The van der Waals surface area contributed by atoms with Crippen molar-refractivity contribution in [2.45, 2.75) is 6.54 Å². The van der Waals surface area contributed by atoms with Crippen molar-refractivity contribution < 1.29 is 4.74 Å². The Hall–Kier alpha value is -1.62. The van der Waals surface area contributed by atoms with E-state index >= 15 is 0 Å². The lowest BCUT2D eigenvalue weighted by molar-refractivity contribution is 0.379. The Kier molecular flexibility index (Phi) is 3.58. The second-order valence-corrected chi connectivity index (χ2v) is 4.32. The van der Waals surface area contributed by atoms with E-state index in [1.54, 1.807) is 6.07 Å². The Balaban J connectivity index is 2.36. The molecule has 0 bridgehead atoms. The van der Waals surface area contributed by atoms with Gasteiger partial charge >= 0.3 is 0 Å². The van der Waals surface area contributed by atoms with Gasteiger partial charge in [0.25, 0.3) is 5.56 Å². The molecule has 0 radical (unpaired) electrons. The number of nitrogens with zero attached hydrogens (tertiary/aromatic N) is 2. The zero-order chi connectivity index (χ0) is 12.3. The molecule has 17 heavy (non-hydrogen) atoms. The Labute approximate surface area is 107 Å². The van der Waals surface area contributed by atoms with Crippen LogP contribution in [0.3, 0.4) is 0 Å². The first-order chi connectivity index (χ1) is 8.20. The molecule has 0 aliphatic carbocycles. The van der Waals surface area contributed by atoms with Crippen LogP contribution in [0.25, 0.3) is 0 Å². The molecule has 1 aromatic carbocycles. The first-order valence-corrected chi connectivity index (χ1v) is 5.85. The summed E-state index contributed by atoms with van der Waals surface area (Å²) in [5.74, 6) is 0.427. The van der Waals surface area contributed by atoms with Crippen LogP contribution in [-0.4, -0.2) is 16.9 Å². The molecule has 0 fully saturated rings. The van der Waals surface area contributed by atoms with Gasteiger partial charge in [-0.2, -0.15) is 0 Å². The van der Waals surface area contributed by atoms with E-state index in [1.165, 1.54) is 17.9 Å². The van der Waals surface area contributed by atoms with Crippen LogP contribution in [0.2, 0.25) is 0 Å². The summed E-state index contributed by atoms with van der Waals surface area (Å²) in [5.41, 5.74) is 0.844. The second kappa shape index (κ2) is 5.14. The minimum atomic E-state index is -0.151. The highest BCUT2D eigenvalue weighted by molar-refractivity contribution is 9.10. The van der Waals surface area contributed by atoms with E-state index in [2.05, 4.69) is 21.0 Å². The second-order valence-electron chi connectivity index (χ2n) is 3.46. The summed E-state index contributed by atoms with van der Waals surface area (Å²) in [6.07, 6.45) is 0. The summed E-state index contributed by atoms with van der Waals surface area (Å²) in [5, 5.41) is 4.09. The van der Waals surface area contributed by atoms with E-state index in [4.69, 9.17) is 4.74 Å². The van der Waals surface area contributed by atoms with Crippen molar-refractivity contribution in [3.63, 3.8) is 0 Å². The van der Waals surface area contributed by atoms with E-state index in [1.807, 2.05) is 24.3 Å². The average molecular weight is 295 g/mol. The third-order valence-electron chi connectivity index (χ3n) is 2.33. The van der Waals surface area contributed by atoms with E-state index in [0.29, 0.717) is 12.4 Å². The predicted molar refractivity (Wildman–Crippen MR) is 68.3 cm³/mol. The van der Waals surface area contributed by atoms with Crippen molar-refractivity contribution in [3.8, 4) is 5.88 Å². The highest BCUT2D eigenvalue weighted by atomic mass is 79.9. The molecule has 4 nitrogen and oxygen atoms in total. The lowest BCUT2D eigenvalue weighted by Crippen LogP contribution is -2.22. The number of hydrogen-bond acceptors (Lipinski definition) is 3. The molecule has 88 valence electrons. The first-order valence-electron chi connectivity index (χ1n) is 5.06. The molecule has 0 spiro atoms. The SMILES string of the molecule is COc1ccc(=O)n(Cc2ccccc2Br)n1. The largest absolute Gasteiger partial charge is 0.480 e. The van der Waals surface area contributed by atoms with Crippen molar-refractivity contribution in [2.24, 2.45) is 0 Å². The van der Waals surface area contributed by atoms with Crippen LogP contribution in [0.4, 0.5) is 0 Å². The summed E-state index contributed by atoms with van der Waals surface area (Å²) < 4.78 is 7.32. The highest BCUT2D eigenvalue weighted by Gasteiger charge is 2.04. The van der Waals surface area contributed by atoms with Crippen LogP contribution in [0.15, 0.2) is 45.7 Å². The molecule has 5 heteroatoms. The van der Waals surface area contributed by atoms with Crippen LogP contribution in [0.5, 0.6) is 5.88 Å². The van der Waals surface area contributed by atoms with E-state index in [-0.39, 0.29) is 5.56 Å². The Morgan fingerprint density at radius 1 is 1.29 bits per heavy atom. The number of halogens is 1. The van der Waals surface area contributed by atoms with Crippen molar-refractivity contribution in [2.75, 3.05) is 7.11 Å². The fourth-order valence-electron chi connectivity index (χ4n) is 1.44. The molecule has 0 atom stereocenters. The molecule has 0 saturated heterocycles.